The molecule has 0 atom stereocenters. The van der Waals surface area contributed by atoms with E-state index in [4.69, 9.17) is 13.9 Å². The second-order valence-electron chi connectivity index (χ2n) is 10.2. The summed E-state index contributed by atoms with van der Waals surface area (Å²) in [5, 5.41) is 0. The van der Waals surface area contributed by atoms with E-state index in [2.05, 4.69) is 13.8 Å². The summed E-state index contributed by atoms with van der Waals surface area (Å²) in [6.45, 7) is 8.15. The highest BCUT2D eigenvalue weighted by Crippen LogP contribution is 2.39. The number of furan rings is 1. The summed E-state index contributed by atoms with van der Waals surface area (Å²) < 4.78 is 17.0. The van der Waals surface area contributed by atoms with Crippen LogP contribution in [0.2, 0.25) is 0 Å². The van der Waals surface area contributed by atoms with E-state index in [1.54, 1.807) is 6.92 Å². The molecule has 0 aliphatic heterocycles. The Morgan fingerprint density at radius 2 is 0.917 bits per heavy atom. The maximum Gasteiger partial charge on any atom is 0.311 e. The van der Waals surface area contributed by atoms with Crippen molar-refractivity contribution < 1.29 is 23.5 Å². The van der Waals surface area contributed by atoms with Gasteiger partial charge in [-0.15, -0.1) is 0 Å². The van der Waals surface area contributed by atoms with E-state index in [1.807, 2.05) is 6.92 Å². The van der Waals surface area contributed by atoms with E-state index < -0.39 is 0 Å². The maximum atomic E-state index is 12.5. The Morgan fingerprint density at radius 1 is 0.556 bits per heavy atom. The summed E-state index contributed by atoms with van der Waals surface area (Å²) in [6, 6.07) is 0. The maximum absolute atomic E-state index is 12.5. The van der Waals surface area contributed by atoms with Crippen molar-refractivity contribution in [3.63, 3.8) is 0 Å². The topological polar surface area (TPSA) is 65.7 Å². The molecule has 5 heteroatoms. The monoisotopic (exact) mass is 506 g/mol. The molecule has 208 valence electrons. The zero-order valence-corrected chi connectivity index (χ0v) is 23.9. The highest BCUT2D eigenvalue weighted by molar-refractivity contribution is 5.77. The first-order chi connectivity index (χ1) is 17.5. The average molecular weight is 507 g/mol. The third-order valence-electron chi connectivity index (χ3n) is 6.78. The largest absolute Gasteiger partial charge is 0.458 e. The number of rotatable bonds is 23. The quantitative estimate of drug-likeness (QED) is 0.109. The van der Waals surface area contributed by atoms with Crippen LogP contribution in [0.5, 0.6) is 11.5 Å². The van der Waals surface area contributed by atoms with E-state index in [0.29, 0.717) is 30.8 Å². The zero-order chi connectivity index (χ0) is 26.4. The smallest absolute Gasteiger partial charge is 0.311 e. The van der Waals surface area contributed by atoms with Crippen LogP contribution in [0.15, 0.2) is 4.42 Å². The molecule has 0 aliphatic carbocycles. The van der Waals surface area contributed by atoms with Gasteiger partial charge < -0.3 is 13.9 Å². The Balaban J connectivity index is 2.35. The van der Waals surface area contributed by atoms with Crippen LogP contribution in [0.3, 0.4) is 0 Å². The van der Waals surface area contributed by atoms with Crippen LogP contribution in [0.25, 0.3) is 0 Å². The molecule has 0 fully saturated rings. The van der Waals surface area contributed by atoms with E-state index in [9.17, 15) is 9.59 Å². The molecule has 1 aromatic rings. The van der Waals surface area contributed by atoms with Crippen molar-refractivity contribution >= 4 is 11.9 Å². The lowest BCUT2D eigenvalue weighted by Crippen LogP contribution is -2.12. The van der Waals surface area contributed by atoms with Crippen LogP contribution >= 0.6 is 0 Å². The average Bonchev–Trinajstić information content (AvgIpc) is 3.15. The number of ether oxygens (including phenoxy) is 2. The molecule has 36 heavy (non-hydrogen) atoms. The minimum absolute atomic E-state index is 0.271. The third-order valence-corrected chi connectivity index (χ3v) is 6.78. The Hall–Kier alpha value is -1.78. The van der Waals surface area contributed by atoms with Crippen molar-refractivity contribution in [2.45, 2.75) is 163 Å². The van der Waals surface area contributed by atoms with Crippen LogP contribution in [-0.2, 0) is 16.0 Å². The third kappa shape index (κ3) is 14.7. The van der Waals surface area contributed by atoms with Gasteiger partial charge in [-0.3, -0.25) is 9.59 Å². The Morgan fingerprint density at radius 3 is 1.31 bits per heavy atom. The molecule has 5 nitrogen and oxygen atoms in total. The second-order valence-corrected chi connectivity index (χ2v) is 10.2. The molecule has 0 amide bonds. The SMILES string of the molecule is CCCCCCCCCCCC(=O)Oc1c(C)oc(CC)c1OC(=O)CCCCCCCCCCC. The fourth-order valence-corrected chi connectivity index (χ4v) is 4.51. The molecule has 0 radical (unpaired) electrons. The number of unbranched alkanes of at least 4 members (excludes halogenated alkanes) is 16. The van der Waals surface area contributed by atoms with Crippen molar-refractivity contribution in [1.82, 2.24) is 0 Å². The van der Waals surface area contributed by atoms with E-state index in [0.717, 1.165) is 38.5 Å². The van der Waals surface area contributed by atoms with Gasteiger partial charge >= 0.3 is 11.9 Å². The van der Waals surface area contributed by atoms with Crippen LogP contribution < -0.4 is 9.47 Å². The molecule has 0 aliphatic rings. The highest BCUT2D eigenvalue weighted by Gasteiger charge is 2.24. The number of carbonyl (C=O) groups excluding carboxylic acids is 2. The molecule has 1 aromatic heterocycles. The first-order valence-electron chi connectivity index (χ1n) is 15.1. The van der Waals surface area contributed by atoms with Gasteiger partial charge in [-0.05, 0) is 19.8 Å². The van der Waals surface area contributed by atoms with Crippen molar-refractivity contribution in [1.29, 1.82) is 0 Å². The summed E-state index contributed by atoms with van der Waals surface area (Å²) in [5.41, 5.74) is 0. The molecule has 0 aromatic carbocycles. The lowest BCUT2D eigenvalue weighted by atomic mass is 10.1. The van der Waals surface area contributed by atoms with Gasteiger partial charge in [-0.2, -0.15) is 0 Å². The van der Waals surface area contributed by atoms with Crippen LogP contribution in [0, 0.1) is 6.92 Å². The van der Waals surface area contributed by atoms with Gasteiger partial charge in [0.25, 0.3) is 0 Å². The number of carbonyl (C=O) groups is 2. The molecule has 0 N–H and O–H groups in total. The van der Waals surface area contributed by atoms with Crippen molar-refractivity contribution in [2.75, 3.05) is 0 Å². The van der Waals surface area contributed by atoms with Gasteiger partial charge in [-0.25, -0.2) is 0 Å². The molecule has 0 saturated carbocycles. The predicted molar refractivity (Wildman–Crippen MR) is 148 cm³/mol. The van der Waals surface area contributed by atoms with Gasteiger partial charge in [0.1, 0.15) is 5.76 Å². The minimum Gasteiger partial charge on any atom is -0.458 e. The van der Waals surface area contributed by atoms with Gasteiger partial charge in [-0.1, -0.05) is 124 Å². The number of aryl methyl sites for hydroxylation is 2. The number of hydrogen-bond acceptors (Lipinski definition) is 5. The van der Waals surface area contributed by atoms with E-state index in [1.165, 1.54) is 77.0 Å². The molecule has 0 spiro atoms. The molecular formula is C31H54O5. The van der Waals surface area contributed by atoms with Gasteiger partial charge in [0.05, 0.1) is 0 Å². The fourth-order valence-electron chi connectivity index (χ4n) is 4.51. The van der Waals surface area contributed by atoms with E-state index >= 15 is 0 Å². The van der Waals surface area contributed by atoms with Gasteiger partial charge in [0, 0.05) is 19.3 Å². The summed E-state index contributed by atoms with van der Waals surface area (Å²) in [7, 11) is 0. The Bertz CT molecular complexity index is 706. The normalized spacial score (nSPS) is 11.1. The molecule has 1 heterocycles. The fraction of sp³-hybridized carbons (Fsp3) is 0.806. The standard InChI is InChI=1S/C31H54O5/c1-5-8-10-12-14-16-18-20-22-24-28(32)35-30-26(4)34-27(7-3)31(30)36-29(33)25-23-21-19-17-15-13-11-9-6-2/h5-25H2,1-4H3. The molecule has 0 bridgehead atoms. The summed E-state index contributed by atoms with van der Waals surface area (Å²) >= 11 is 0. The highest BCUT2D eigenvalue weighted by atomic mass is 16.6. The van der Waals surface area contributed by atoms with E-state index in [-0.39, 0.29) is 23.4 Å². The summed E-state index contributed by atoms with van der Waals surface area (Å²) in [6.07, 6.45) is 22.9. The van der Waals surface area contributed by atoms with Crippen molar-refractivity contribution in [3.05, 3.63) is 11.5 Å². The minimum atomic E-state index is -0.291. The summed E-state index contributed by atoms with van der Waals surface area (Å²) in [4.78, 5) is 24.9. The molecular weight excluding hydrogens is 452 g/mol. The van der Waals surface area contributed by atoms with Gasteiger partial charge in [0.2, 0.25) is 11.5 Å². The lowest BCUT2D eigenvalue weighted by molar-refractivity contribution is -0.137. The molecule has 0 unspecified atom stereocenters. The number of esters is 2. The van der Waals surface area contributed by atoms with Crippen LogP contribution in [0.1, 0.15) is 161 Å². The Kier molecular flexibility index (Phi) is 19.1. The van der Waals surface area contributed by atoms with Crippen molar-refractivity contribution in [2.24, 2.45) is 0 Å². The molecule has 0 saturated heterocycles. The van der Waals surface area contributed by atoms with Crippen molar-refractivity contribution in [3.8, 4) is 11.5 Å². The Labute approximate surface area is 221 Å². The second kappa shape index (κ2) is 21.3. The molecule has 1 rings (SSSR count). The lowest BCUT2D eigenvalue weighted by Gasteiger charge is -2.08. The predicted octanol–water partition coefficient (Wildman–Crippen LogP) is 9.80. The van der Waals surface area contributed by atoms with Crippen LogP contribution in [-0.4, -0.2) is 11.9 Å². The van der Waals surface area contributed by atoms with Crippen LogP contribution in [0.4, 0.5) is 0 Å². The van der Waals surface area contributed by atoms with Gasteiger partial charge in [0.15, 0.2) is 5.76 Å². The first kappa shape index (κ1) is 32.2. The summed E-state index contributed by atoms with van der Waals surface area (Å²) in [5.74, 6) is 1.02. The first-order valence-corrected chi connectivity index (χ1v) is 15.1. The zero-order valence-electron chi connectivity index (χ0n) is 23.9. The number of hydrogen-bond donors (Lipinski definition) is 0.